The lowest BCUT2D eigenvalue weighted by Gasteiger charge is -2.36. The Morgan fingerprint density at radius 1 is 1.35 bits per heavy atom. The highest BCUT2D eigenvalue weighted by Crippen LogP contribution is 2.12. The van der Waals surface area contributed by atoms with E-state index in [1.807, 2.05) is 0 Å². The number of nitrogens with one attached hydrogen (secondary N) is 1. The minimum atomic E-state index is 0.265. The molecule has 17 heavy (non-hydrogen) atoms. The van der Waals surface area contributed by atoms with Gasteiger partial charge in [0.05, 0.1) is 25.4 Å². The van der Waals surface area contributed by atoms with Crippen molar-refractivity contribution < 1.29 is 9.47 Å². The van der Waals surface area contributed by atoms with Gasteiger partial charge in [-0.2, -0.15) is 0 Å². The van der Waals surface area contributed by atoms with Crippen molar-refractivity contribution in [2.75, 3.05) is 39.4 Å². The number of morpholine rings is 1. The van der Waals surface area contributed by atoms with Gasteiger partial charge in [-0.1, -0.05) is 0 Å². The molecular weight excluding hydrogens is 216 g/mol. The van der Waals surface area contributed by atoms with E-state index in [1.165, 1.54) is 0 Å². The summed E-state index contributed by atoms with van der Waals surface area (Å²) in [7, 11) is 0. The predicted octanol–water partition coefficient (Wildman–Crippen LogP) is 0.864. The average Bonchev–Trinajstić information content (AvgIpc) is 2.38. The fraction of sp³-hybridized carbons (Fsp3) is 1.00. The van der Waals surface area contributed by atoms with E-state index in [-0.39, 0.29) is 6.10 Å². The second-order valence-corrected chi connectivity index (χ2v) is 5.36. The van der Waals surface area contributed by atoms with Crippen molar-refractivity contribution in [2.24, 2.45) is 0 Å². The van der Waals surface area contributed by atoms with Crippen LogP contribution >= 0.6 is 0 Å². The van der Waals surface area contributed by atoms with Gasteiger partial charge in [0.15, 0.2) is 0 Å². The van der Waals surface area contributed by atoms with Crippen LogP contribution in [0.3, 0.4) is 0 Å². The van der Waals surface area contributed by atoms with Gasteiger partial charge in [0.25, 0.3) is 0 Å². The number of nitrogens with zero attached hydrogens (tertiary/aromatic N) is 1. The minimum absolute atomic E-state index is 0.265. The van der Waals surface area contributed by atoms with E-state index < -0.39 is 0 Å². The van der Waals surface area contributed by atoms with E-state index in [1.54, 1.807) is 0 Å². The third-order valence-electron chi connectivity index (χ3n) is 3.70. The van der Waals surface area contributed by atoms with Crippen molar-refractivity contribution in [3.8, 4) is 0 Å². The van der Waals surface area contributed by atoms with Crippen LogP contribution in [-0.4, -0.2) is 62.5 Å². The molecule has 2 heterocycles. The zero-order valence-corrected chi connectivity index (χ0v) is 11.2. The molecule has 4 nitrogen and oxygen atoms in total. The Bertz CT molecular complexity index is 217. The molecule has 0 aromatic carbocycles. The lowest BCUT2D eigenvalue weighted by atomic mass is 10.1. The molecule has 2 fully saturated rings. The molecule has 2 rings (SSSR count). The largest absolute Gasteiger partial charge is 0.375 e. The first kappa shape index (κ1) is 13.3. The summed E-state index contributed by atoms with van der Waals surface area (Å²) < 4.78 is 11.7. The Kier molecular flexibility index (Phi) is 5.22. The predicted molar refractivity (Wildman–Crippen MR) is 68.3 cm³/mol. The topological polar surface area (TPSA) is 33.7 Å². The molecule has 1 N–H and O–H groups in total. The quantitative estimate of drug-likeness (QED) is 0.793. The normalized spacial score (nSPS) is 28.8. The monoisotopic (exact) mass is 242 g/mol. The van der Waals surface area contributed by atoms with E-state index >= 15 is 0 Å². The molecule has 2 saturated heterocycles. The van der Waals surface area contributed by atoms with Crippen LogP contribution in [0.15, 0.2) is 0 Å². The van der Waals surface area contributed by atoms with Crippen LogP contribution < -0.4 is 5.32 Å². The van der Waals surface area contributed by atoms with Gasteiger partial charge in [-0.3, -0.25) is 4.90 Å². The van der Waals surface area contributed by atoms with Gasteiger partial charge >= 0.3 is 0 Å². The highest BCUT2D eigenvalue weighted by Gasteiger charge is 2.23. The zero-order chi connectivity index (χ0) is 12.1. The Labute approximate surface area is 105 Å². The number of rotatable bonds is 4. The van der Waals surface area contributed by atoms with E-state index in [4.69, 9.17) is 9.47 Å². The summed E-state index contributed by atoms with van der Waals surface area (Å²) >= 11 is 0. The molecule has 0 aromatic rings. The second-order valence-electron chi connectivity index (χ2n) is 5.36. The molecule has 100 valence electrons. The first-order valence-corrected chi connectivity index (χ1v) is 6.93. The summed E-state index contributed by atoms with van der Waals surface area (Å²) in [5.74, 6) is 0. The maximum Gasteiger partial charge on any atom is 0.0935 e. The van der Waals surface area contributed by atoms with Gasteiger partial charge in [0.2, 0.25) is 0 Å². The molecule has 0 aromatic heterocycles. The third-order valence-corrected chi connectivity index (χ3v) is 3.70. The average molecular weight is 242 g/mol. The summed E-state index contributed by atoms with van der Waals surface area (Å²) in [5, 5.41) is 3.36. The van der Waals surface area contributed by atoms with Crippen molar-refractivity contribution in [1.29, 1.82) is 0 Å². The van der Waals surface area contributed by atoms with E-state index in [0.717, 1.165) is 52.2 Å². The Morgan fingerprint density at radius 3 is 2.82 bits per heavy atom. The van der Waals surface area contributed by atoms with Crippen molar-refractivity contribution in [3.63, 3.8) is 0 Å². The first-order chi connectivity index (χ1) is 8.25. The number of piperidine rings is 1. The van der Waals surface area contributed by atoms with E-state index in [0.29, 0.717) is 12.1 Å². The highest BCUT2D eigenvalue weighted by atomic mass is 16.5. The number of hydrogen-bond acceptors (Lipinski definition) is 4. The van der Waals surface area contributed by atoms with Gasteiger partial charge in [-0.25, -0.2) is 0 Å². The summed E-state index contributed by atoms with van der Waals surface area (Å²) in [5.41, 5.74) is 0. The van der Waals surface area contributed by atoms with E-state index in [9.17, 15) is 0 Å². The summed E-state index contributed by atoms with van der Waals surface area (Å²) in [6.45, 7) is 10.4. The third kappa shape index (κ3) is 4.21. The Morgan fingerprint density at radius 2 is 2.12 bits per heavy atom. The van der Waals surface area contributed by atoms with Gasteiger partial charge in [-0.05, 0) is 39.8 Å². The van der Waals surface area contributed by atoms with Crippen molar-refractivity contribution >= 4 is 0 Å². The second kappa shape index (κ2) is 6.69. The Hall–Kier alpha value is -0.160. The van der Waals surface area contributed by atoms with Gasteiger partial charge < -0.3 is 14.8 Å². The summed E-state index contributed by atoms with van der Waals surface area (Å²) in [4.78, 5) is 2.47. The van der Waals surface area contributed by atoms with Crippen LogP contribution in [0.4, 0.5) is 0 Å². The van der Waals surface area contributed by atoms with Crippen molar-refractivity contribution in [3.05, 3.63) is 0 Å². The maximum absolute atomic E-state index is 5.96. The molecular formula is C13H26N2O2. The molecule has 2 aliphatic rings. The lowest BCUT2D eigenvalue weighted by molar-refractivity contribution is -0.0940. The Balaban J connectivity index is 1.67. The van der Waals surface area contributed by atoms with Crippen LogP contribution in [0, 0.1) is 0 Å². The molecule has 0 spiro atoms. The van der Waals surface area contributed by atoms with Gasteiger partial charge in [-0.15, -0.1) is 0 Å². The highest BCUT2D eigenvalue weighted by molar-refractivity contribution is 4.75. The molecule has 0 saturated carbocycles. The molecule has 0 radical (unpaired) electrons. The minimum Gasteiger partial charge on any atom is -0.375 e. The molecule has 0 bridgehead atoms. The van der Waals surface area contributed by atoms with Crippen LogP contribution in [0.2, 0.25) is 0 Å². The summed E-state index contributed by atoms with van der Waals surface area (Å²) in [6, 6.07) is 0.611. The molecule has 1 atom stereocenters. The van der Waals surface area contributed by atoms with Crippen molar-refractivity contribution in [1.82, 2.24) is 10.2 Å². The zero-order valence-electron chi connectivity index (χ0n) is 11.2. The number of ether oxygens (including phenoxy) is 2. The lowest BCUT2D eigenvalue weighted by Crippen LogP contribution is -2.48. The molecule has 2 aliphatic heterocycles. The fourth-order valence-corrected chi connectivity index (χ4v) is 2.52. The van der Waals surface area contributed by atoms with Crippen LogP contribution in [0.25, 0.3) is 0 Å². The first-order valence-electron chi connectivity index (χ1n) is 6.93. The van der Waals surface area contributed by atoms with Crippen LogP contribution in [0.1, 0.15) is 26.7 Å². The van der Waals surface area contributed by atoms with Crippen LogP contribution in [-0.2, 0) is 9.47 Å². The maximum atomic E-state index is 5.96. The SMILES string of the molecule is CC(C)N1CCOC(COC2CCNCC2)C1. The van der Waals surface area contributed by atoms with Crippen molar-refractivity contribution in [2.45, 2.75) is 44.9 Å². The fourth-order valence-electron chi connectivity index (χ4n) is 2.52. The summed E-state index contributed by atoms with van der Waals surface area (Å²) in [6.07, 6.45) is 2.98. The number of hydrogen-bond donors (Lipinski definition) is 1. The van der Waals surface area contributed by atoms with E-state index in [2.05, 4.69) is 24.1 Å². The molecule has 4 heteroatoms. The molecule has 1 unspecified atom stereocenters. The van der Waals surface area contributed by atoms with Gasteiger partial charge in [0.1, 0.15) is 0 Å². The molecule has 0 aliphatic carbocycles. The molecule has 0 amide bonds. The smallest absolute Gasteiger partial charge is 0.0935 e. The van der Waals surface area contributed by atoms with Gasteiger partial charge in [0, 0.05) is 19.1 Å². The standard InChI is InChI=1S/C13H26N2O2/c1-11(2)15-7-8-16-13(9-15)10-17-12-3-5-14-6-4-12/h11-14H,3-10H2,1-2H3. The van der Waals surface area contributed by atoms with Crippen LogP contribution in [0.5, 0.6) is 0 Å².